The van der Waals surface area contributed by atoms with Gasteiger partial charge in [0.1, 0.15) is 0 Å². The summed E-state index contributed by atoms with van der Waals surface area (Å²) in [5.74, 6) is 1.91. The first-order chi connectivity index (χ1) is 31.2. The number of rotatable bonds is 6. The standard InChI is InChI=1S/C57H35N5S/c1-5-16-36(17-6-1)39-28-30-43-42-24-13-14-27-49(42)61(50(43)34-39)41-29-33-51-48(35-41)46-32-31-45-44-25-15-26-47(52(44)62(53(45)54(46)63-51)40-22-11-4-12-23-40)57-59-55(37-18-7-2-8-19-37)58-56(60-57)38-20-9-3-10-21-38/h1-35H. The molecule has 4 heterocycles. The summed E-state index contributed by atoms with van der Waals surface area (Å²) >= 11 is 1.86. The van der Waals surface area contributed by atoms with Crippen molar-refractivity contribution in [1.29, 1.82) is 0 Å². The highest BCUT2D eigenvalue weighted by Crippen LogP contribution is 2.46. The molecule has 5 nitrogen and oxygen atoms in total. The SMILES string of the molecule is c1ccc(-c2ccc3c4ccccc4n(-c4ccc5sc6c(ccc7c8cccc(-c9nc(-c%10ccccc%10)nc(-c%10ccccc%10)n9)c8n(-c8ccccc8)c76)c5c4)c3c2)cc1. The van der Waals surface area contributed by atoms with Gasteiger partial charge in [-0.1, -0.05) is 164 Å². The molecule has 0 spiro atoms. The summed E-state index contributed by atoms with van der Waals surface area (Å²) in [5.41, 5.74) is 12.1. The average molecular weight is 822 g/mol. The smallest absolute Gasteiger partial charge is 0.166 e. The van der Waals surface area contributed by atoms with Crippen molar-refractivity contribution in [1.82, 2.24) is 24.1 Å². The Morgan fingerprint density at radius 3 is 1.62 bits per heavy atom. The van der Waals surface area contributed by atoms with Gasteiger partial charge in [-0.3, -0.25) is 0 Å². The van der Waals surface area contributed by atoms with Crippen LogP contribution in [0.3, 0.4) is 0 Å². The Kier molecular flexibility index (Phi) is 8.01. The minimum absolute atomic E-state index is 0.632. The van der Waals surface area contributed by atoms with E-state index in [4.69, 9.17) is 15.0 Å². The Bertz CT molecular complexity index is 3830. The molecule has 0 saturated heterocycles. The molecule has 13 rings (SSSR count). The first kappa shape index (κ1) is 35.6. The predicted molar refractivity (Wildman–Crippen MR) is 263 cm³/mol. The lowest BCUT2D eigenvalue weighted by molar-refractivity contribution is 1.07. The number of hydrogen-bond acceptors (Lipinski definition) is 4. The largest absolute Gasteiger partial charge is 0.309 e. The summed E-state index contributed by atoms with van der Waals surface area (Å²) in [6.45, 7) is 0. The molecule has 0 unspecified atom stereocenters. The third kappa shape index (κ3) is 5.66. The van der Waals surface area contributed by atoms with Gasteiger partial charge in [-0.25, -0.2) is 15.0 Å². The number of aromatic nitrogens is 5. The summed E-state index contributed by atoms with van der Waals surface area (Å²) in [7, 11) is 0. The summed E-state index contributed by atoms with van der Waals surface area (Å²) in [5, 5.41) is 7.30. The Hall–Kier alpha value is -8.19. The quantitative estimate of drug-likeness (QED) is 0.168. The second kappa shape index (κ2) is 14.2. The van der Waals surface area contributed by atoms with E-state index in [1.165, 1.54) is 64.0 Å². The predicted octanol–water partition coefficient (Wildman–Crippen LogP) is 15.1. The van der Waals surface area contributed by atoms with E-state index < -0.39 is 0 Å². The lowest BCUT2D eigenvalue weighted by Gasteiger charge is -2.13. The summed E-state index contributed by atoms with van der Waals surface area (Å²) in [6.07, 6.45) is 0. The lowest BCUT2D eigenvalue weighted by atomic mass is 10.0. The molecule has 0 atom stereocenters. The number of benzene rings is 9. The average Bonchev–Trinajstić information content (AvgIpc) is 4.02. The molecule has 0 aliphatic rings. The molecule has 0 aliphatic carbocycles. The van der Waals surface area contributed by atoms with E-state index in [9.17, 15) is 0 Å². The maximum absolute atomic E-state index is 5.22. The van der Waals surface area contributed by atoms with Crippen LogP contribution >= 0.6 is 11.3 Å². The fraction of sp³-hybridized carbons (Fsp3) is 0. The van der Waals surface area contributed by atoms with E-state index >= 15 is 0 Å². The molecule has 9 aromatic carbocycles. The van der Waals surface area contributed by atoms with Gasteiger partial charge in [0, 0.05) is 65.1 Å². The number of hydrogen-bond donors (Lipinski definition) is 0. The fourth-order valence-corrected chi connectivity index (χ4v) is 10.7. The molecule has 294 valence electrons. The zero-order chi connectivity index (χ0) is 41.4. The van der Waals surface area contributed by atoms with Crippen LogP contribution in [0.4, 0.5) is 0 Å². The van der Waals surface area contributed by atoms with Crippen molar-refractivity contribution in [3.8, 4) is 56.7 Å². The highest BCUT2D eigenvalue weighted by atomic mass is 32.1. The molecule has 0 N–H and O–H groups in total. The molecule has 13 aromatic rings. The number of para-hydroxylation sites is 3. The molecular formula is C57H35N5S. The summed E-state index contributed by atoms with van der Waals surface area (Å²) in [4.78, 5) is 15.4. The molecular weight excluding hydrogens is 787 g/mol. The van der Waals surface area contributed by atoms with E-state index in [2.05, 4.69) is 185 Å². The zero-order valence-corrected chi connectivity index (χ0v) is 34.7. The van der Waals surface area contributed by atoms with Gasteiger partial charge >= 0.3 is 0 Å². The highest BCUT2D eigenvalue weighted by Gasteiger charge is 2.23. The lowest BCUT2D eigenvalue weighted by Crippen LogP contribution is -2.02. The molecule has 0 aliphatic heterocycles. The van der Waals surface area contributed by atoms with Gasteiger partial charge in [-0.15, -0.1) is 11.3 Å². The Morgan fingerprint density at radius 1 is 0.317 bits per heavy atom. The van der Waals surface area contributed by atoms with Crippen molar-refractivity contribution in [3.63, 3.8) is 0 Å². The van der Waals surface area contributed by atoms with Gasteiger partial charge in [-0.05, 0) is 59.7 Å². The van der Waals surface area contributed by atoms with E-state index in [1.54, 1.807) is 0 Å². The Morgan fingerprint density at radius 2 is 0.889 bits per heavy atom. The second-order valence-corrected chi connectivity index (χ2v) is 17.0. The van der Waals surface area contributed by atoms with E-state index in [-0.39, 0.29) is 0 Å². The molecule has 0 bridgehead atoms. The van der Waals surface area contributed by atoms with Crippen molar-refractivity contribution in [2.75, 3.05) is 0 Å². The second-order valence-electron chi connectivity index (χ2n) is 16.0. The Labute approximate surface area is 366 Å². The van der Waals surface area contributed by atoms with E-state index in [1.807, 2.05) is 47.7 Å². The summed E-state index contributed by atoms with van der Waals surface area (Å²) < 4.78 is 7.36. The van der Waals surface area contributed by atoms with Crippen molar-refractivity contribution < 1.29 is 0 Å². The Balaban J connectivity index is 1.07. The minimum atomic E-state index is 0.632. The molecule has 0 radical (unpaired) electrons. The van der Waals surface area contributed by atoms with E-state index in [0.29, 0.717) is 17.5 Å². The zero-order valence-electron chi connectivity index (χ0n) is 33.9. The first-order valence-electron chi connectivity index (χ1n) is 21.2. The van der Waals surface area contributed by atoms with Gasteiger partial charge in [-0.2, -0.15) is 0 Å². The molecule has 4 aromatic heterocycles. The molecule has 0 amide bonds. The number of thiophene rings is 1. The van der Waals surface area contributed by atoms with Crippen LogP contribution < -0.4 is 0 Å². The molecule has 0 fully saturated rings. The van der Waals surface area contributed by atoms with Gasteiger partial charge in [0.25, 0.3) is 0 Å². The normalized spacial score (nSPS) is 11.8. The monoisotopic (exact) mass is 821 g/mol. The van der Waals surface area contributed by atoms with Gasteiger partial charge in [0.05, 0.1) is 26.8 Å². The topological polar surface area (TPSA) is 48.5 Å². The van der Waals surface area contributed by atoms with Crippen molar-refractivity contribution in [2.45, 2.75) is 0 Å². The van der Waals surface area contributed by atoms with Gasteiger partial charge < -0.3 is 9.13 Å². The van der Waals surface area contributed by atoms with Crippen LogP contribution in [0.1, 0.15) is 0 Å². The van der Waals surface area contributed by atoms with Crippen molar-refractivity contribution in [3.05, 3.63) is 212 Å². The number of nitrogens with zero attached hydrogens (tertiary/aromatic N) is 5. The van der Waals surface area contributed by atoms with Crippen molar-refractivity contribution >= 4 is 75.1 Å². The fourth-order valence-electron chi connectivity index (χ4n) is 9.51. The third-order valence-corrected chi connectivity index (χ3v) is 13.6. The van der Waals surface area contributed by atoms with Crippen LogP contribution in [0.15, 0.2) is 212 Å². The van der Waals surface area contributed by atoms with Crippen LogP contribution in [0.2, 0.25) is 0 Å². The van der Waals surface area contributed by atoms with Crippen molar-refractivity contribution in [2.24, 2.45) is 0 Å². The van der Waals surface area contributed by atoms with Gasteiger partial charge in [0.15, 0.2) is 17.5 Å². The van der Waals surface area contributed by atoms with Gasteiger partial charge in [0.2, 0.25) is 0 Å². The first-order valence-corrected chi connectivity index (χ1v) is 22.0. The maximum atomic E-state index is 5.22. The van der Waals surface area contributed by atoms with E-state index in [0.717, 1.165) is 39.0 Å². The summed E-state index contributed by atoms with van der Waals surface area (Å²) in [6, 6.07) is 75.5. The van der Waals surface area contributed by atoms with Crippen LogP contribution in [-0.2, 0) is 0 Å². The van der Waals surface area contributed by atoms with Crippen LogP contribution in [0.5, 0.6) is 0 Å². The maximum Gasteiger partial charge on any atom is 0.166 e. The minimum Gasteiger partial charge on any atom is -0.309 e. The molecule has 6 heteroatoms. The van der Waals surface area contributed by atoms with Crippen LogP contribution in [-0.4, -0.2) is 24.1 Å². The molecule has 63 heavy (non-hydrogen) atoms. The van der Waals surface area contributed by atoms with Crippen LogP contribution in [0, 0.1) is 0 Å². The number of fused-ring (bicyclic) bond motifs is 10. The highest BCUT2D eigenvalue weighted by molar-refractivity contribution is 7.26. The molecule has 0 saturated carbocycles. The third-order valence-electron chi connectivity index (χ3n) is 12.4. The van der Waals surface area contributed by atoms with Crippen LogP contribution in [0.25, 0.3) is 120 Å².